The minimum absolute atomic E-state index is 0.104. The van der Waals surface area contributed by atoms with Gasteiger partial charge in [0.05, 0.1) is 33.6 Å². The number of fused-ring (bicyclic) bond motifs is 2. The summed E-state index contributed by atoms with van der Waals surface area (Å²) >= 11 is 1.08. The molecule has 2 aromatic carbocycles. The Morgan fingerprint density at radius 2 is 2.03 bits per heavy atom. The molecule has 3 N–H and O–H groups in total. The number of H-pyrrole nitrogens is 1. The van der Waals surface area contributed by atoms with Crippen LogP contribution in [0.15, 0.2) is 47.4 Å². The van der Waals surface area contributed by atoms with Crippen LogP contribution in [0.5, 0.6) is 0 Å². The molecule has 0 bridgehead atoms. The molecule has 1 aliphatic heterocycles. The second kappa shape index (κ2) is 7.67. The molecule has 0 aliphatic carbocycles. The van der Waals surface area contributed by atoms with Crippen LogP contribution in [0, 0.1) is 0 Å². The largest absolute Gasteiger partial charge is 0.416 e. The van der Waals surface area contributed by atoms with Crippen LogP contribution in [0.1, 0.15) is 30.8 Å². The number of anilines is 1. The summed E-state index contributed by atoms with van der Waals surface area (Å²) in [6.45, 7) is 1.78. The van der Waals surface area contributed by atoms with Crippen molar-refractivity contribution in [3.05, 3.63) is 53.9 Å². The highest BCUT2D eigenvalue weighted by Crippen LogP contribution is 2.40. The second-order valence-electron chi connectivity index (χ2n) is 6.94. The van der Waals surface area contributed by atoms with E-state index in [1.165, 1.54) is 6.07 Å². The lowest BCUT2D eigenvalue weighted by Gasteiger charge is -2.25. The monoisotopic (exact) mass is 434 g/mol. The summed E-state index contributed by atoms with van der Waals surface area (Å²) in [6, 6.07) is 10.3. The third kappa shape index (κ3) is 4.13. The van der Waals surface area contributed by atoms with Crippen molar-refractivity contribution in [2.24, 2.45) is 0 Å². The minimum atomic E-state index is -4.49. The highest BCUT2D eigenvalue weighted by Gasteiger charge is 2.34. The number of rotatable bonds is 4. The van der Waals surface area contributed by atoms with Crippen molar-refractivity contribution in [2.45, 2.75) is 35.7 Å². The first kappa shape index (κ1) is 20.3. The number of halogens is 3. The molecule has 0 fully saturated rings. The number of benzene rings is 2. The summed E-state index contributed by atoms with van der Waals surface area (Å²) in [5, 5.41) is 4.54. The molecule has 1 aromatic heterocycles. The number of aromatic amines is 1. The van der Waals surface area contributed by atoms with Gasteiger partial charge in [0.2, 0.25) is 11.8 Å². The van der Waals surface area contributed by atoms with E-state index in [4.69, 9.17) is 0 Å². The smallest absolute Gasteiger partial charge is 0.346 e. The summed E-state index contributed by atoms with van der Waals surface area (Å²) < 4.78 is 38.6. The molecule has 4 rings (SSSR count). The van der Waals surface area contributed by atoms with Crippen molar-refractivity contribution < 1.29 is 22.8 Å². The third-order valence-corrected chi connectivity index (χ3v) is 5.97. The Labute approximate surface area is 173 Å². The van der Waals surface area contributed by atoms with Gasteiger partial charge in [0, 0.05) is 11.3 Å². The van der Waals surface area contributed by atoms with Gasteiger partial charge in [-0.3, -0.25) is 9.59 Å². The molecule has 2 atom stereocenters. The van der Waals surface area contributed by atoms with Crippen LogP contribution in [0.25, 0.3) is 11.0 Å². The molecule has 0 saturated carbocycles. The molecule has 156 valence electrons. The predicted molar refractivity (Wildman–Crippen MR) is 107 cm³/mol. The number of para-hydroxylation sites is 2. The average Bonchev–Trinajstić information content (AvgIpc) is 3.12. The lowest BCUT2D eigenvalue weighted by Crippen LogP contribution is -2.36. The molecule has 1 aliphatic rings. The van der Waals surface area contributed by atoms with Crippen molar-refractivity contribution >= 4 is 40.3 Å². The van der Waals surface area contributed by atoms with E-state index in [1.54, 1.807) is 6.92 Å². The van der Waals surface area contributed by atoms with E-state index in [0.717, 1.165) is 34.9 Å². The Kier molecular flexibility index (Phi) is 5.19. The van der Waals surface area contributed by atoms with E-state index in [0.29, 0.717) is 10.7 Å². The lowest BCUT2D eigenvalue weighted by molar-refractivity contribution is -0.137. The lowest BCUT2D eigenvalue weighted by atomic mass is 10.1. The molecule has 0 saturated heterocycles. The second-order valence-corrected chi connectivity index (χ2v) is 8.18. The van der Waals surface area contributed by atoms with E-state index < -0.39 is 28.9 Å². The average molecular weight is 434 g/mol. The topological polar surface area (TPSA) is 86.9 Å². The number of hydrogen-bond acceptors (Lipinski definition) is 4. The first-order valence-electron chi connectivity index (χ1n) is 9.13. The predicted octanol–water partition coefficient (Wildman–Crippen LogP) is 4.26. The molecule has 10 heteroatoms. The molecule has 2 heterocycles. The Hall–Kier alpha value is -3.01. The van der Waals surface area contributed by atoms with Gasteiger partial charge < -0.3 is 15.6 Å². The van der Waals surface area contributed by atoms with Crippen LogP contribution < -0.4 is 10.6 Å². The number of nitrogens with one attached hydrogen (secondary N) is 3. The number of nitrogens with zero attached hydrogens (tertiary/aromatic N) is 1. The number of hydrogen-bond donors (Lipinski definition) is 3. The summed E-state index contributed by atoms with van der Waals surface area (Å²) in [4.78, 5) is 32.8. The number of aromatic nitrogens is 2. The van der Waals surface area contributed by atoms with Crippen LogP contribution in [0.2, 0.25) is 0 Å². The first-order valence-corrected chi connectivity index (χ1v) is 10.0. The maximum absolute atomic E-state index is 12.9. The van der Waals surface area contributed by atoms with E-state index in [1.807, 2.05) is 24.3 Å². The molecule has 6 nitrogen and oxygen atoms in total. The quantitative estimate of drug-likeness (QED) is 0.573. The maximum atomic E-state index is 12.9. The number of carbonyl (C=O) groups is 2. The first-order chi connectivity index (χ1) is 14.2. The van der Waals surface area contributed by atoms with Crippen LogP contribution in [-0.4, -0.2) is 27.0 Å². The van der Waals surface area contributed by atoms with Crippen molar-refractivity contribution in [2.75, 3.05) is 5.32 Å². The van der Waals surface area contributed by atoms with Gasteiger partial charge in [-0.2, -0.15) is 13.2 Å². The van der Waals surface area contributed by atoms with Gasteiger partial charge in [0.1, 0.15) is 5.82 Å². The molecular weight excluding hydrogens is 417 g/mol. The van der Waals surface area contributed by atoms with Crippen LogP contribution in [-0.2, 0) is 15.8 Å². The number of amides is 2. The van der Waals surface area contributed by atoms with Crippen LogP contribution in [0.3, 0.4) is 0 Å². The summed E-state index contributed by atoms with van der Waals surface area (Å²) in [5.74, 6) is -0.264. The minimum Gasteiger partial charge on any atom is -0.346 e. The molecule has 30 heavy (non-hydrogen) atoms. The Balaban J connectivity index is 1.41. The van der Waals surface area contributed by atoms with Gasteiger partial charge in [-0.1, -0.05) is 12.1 Å². The zero-order chi connectivity index (χ0) is 21.5. The molecule has 3 aromatic rings. The zero-order valence-corrected chi connectivity index (χ0v) is 16.5. The summed E-state index contributed by atoms with van der Waals surface area (Å²) in [7, 11) is 0. The third-order valence-electron chi connectivity index (χ3n) is 4.69. The molecule has 0 spiro atoms. The van der Waals surface area contributed by atoms with Crippen molar-refractivity contribution in [3.8, 4) is 0 Å². The molecule has 0 radical (unpaired) electrons. The Bertz CT molecular complexity index is 1100. The molecule has 2 amide bonds. The summed E-state index contributed by atoms with van der Waals surface area (Å²) in [6.07, 6.45) is -4.60. The highest BCUT2D eigenvalue weighted by molar-refractivity contribution is 8.01. The standard InChI is InChI=1S/C20H17F3N4O2S/c1-10(18-25-12-4-2-3-5-13(12)26-18)24-17(28)9-16-19(29)27-14-8-11(20(21,22)23)6-7-15(14)30-16/h2-8,10,16H,9H2,1H3,(H,24,28)(H,25,26)(H,27,29)/t10-,16-/m1/s1. The van der Waals surface area contributed by atoms with Crippen LogP contribution in [0.4, 0.5) is 18.9 Å². The van der Waals surface area contributed by atoms with Gasteiger partial charge in [-0.05, 0) is 37.3 Å². The van der Waals surface area contributed by atoms with E-state index in [2.05, 4.69) is 20.6 Å². The highest BCUT2D eigenvalue weighted by atomic mass is 32.2. The van der Waals surface area contributed by atoms with Crippen molar-refractivity contribution in [3.63, 3.8) is 0 Å². The van der Waals surface area contributed by atoms with E-state index in [9.17, 15) is 22.8 Å². The van der Waals surface area contributed by atoms with Crippen LogP contribution >= 0.6 is 11.8 Å². The SMILES string of the molecule is C[C@@H](NC(=O)C[C@H]1Sc2ccc(C(F)(F)F)cc2NC1=O)c1nc2ccccc2[nH]1. The molecule has 0 unspecified atom stereocenters. The maximum Gasteiger partial charge on any atom is 0.416 e. The van der Waals surface area contributed by atoms with Gasteiger partial charge in [-0.25, -0.2) is 4.98 Å². The fourth-order valence-electron chi connectivity index (χ4n) is 3.18. The normalized spacial score (nSPS) is 17.3. The Morgan fingerprint density at radius 1 is 1.27 bits per heavy atom. The van der Waals surface area contributed by atoms with Gasteiger partial charge in [0.25, 0.3) is 0 Å². The van der Waals surface area contributed by atoms with Gasteiger partial charge >= 0.3 is 6.18 Å². The number of carbonyl (C=O) groups excluding carboxylic acids is 2. The van der Waals surface area contributed by atoms with E-state index in [-0.39, 0.29) is 18.0 Å². The van der Waals surface area contributed by atoms with Gasteiger partial charge in [-0.15, -0.1) is 11.8 Å². The molecular formula is C20H17F3N4O2S. The summed E-state index contributed by atoms with van der Waals surface area (Å²) in [5.41, 5.74) is 0.904. The van der Waals surface area contributed by atoms with Crippen molar-refractivity contribution in [1.29, 1.82) is 0 Å². The number of thioether (sulfide) groups is 1. The number of alkyl halides is 3. The zero-order valence-electron chi connectivity index (χ0n) is 15.7. The fourth-order valence-corrected chi connectivity index (χ4v) is 4.27. The van der Waals surface area contributed by atoms with E-state index >= 15 is 0 Å². The van der Waals surface area contributed by atoms with Gasteiger partial charge in [0.15, 0.2) is 0 Å². The van der Waals surface area contributed by atoms with Crippen molar-refractivity contribution in [1.82, 2.24) is 15.3 Å². The number of imidazole rings is 1. The fraction of sp³-hybridized carbons (Fsp3) is 0.250. The Morgan fingerprint density at radius 3 is 2.77 bits per heavy atom.